The zero-order valence-corrected chi connectivity index (χ0v) is 11.8. The third-order valence-corrected chi connectivity index (χ3v) is 3.92. The van der Waals surface area contributed by atoms with Crippen molar-refractivity contribution in [2.24, 2.45) is 0 Å². The zero-order chi connectivity index (χ0) is 13.1. The van der Waals surface area contributed by atoms with E-state index in [0.29, 0.717) is 12.2 Å². The van der Waals surface area contributed by atoms with Gasteiger partial charge in [0.2, 0.25) is 0 Å². The van der Waals surface area contributed by atoms with Crippen LogP contribution in [0, 0.1) is 0 Å². The second-order valence-electron chi connectivity index (χ2n) is 3.74. The molecule has 1 rings (SSSR count). The second kappa shape index (κ2) is 5.84. The molecule has 0 aromatic carbocycles. The van der Waals surface area contributed by atoms with Crippen molar-refractivity contribution >= 4 is 19.7 Å². The van der Waals surface area contributed by atoms with Crippen LogP contribution >= 0.6 is 10.7 Å². The van der Waals surface area contributed by atoms with E-state index in [9.17, 15) is 8.42 Å². The smallest absolute Gasteiger partial charge is 0.264 e. The van der Waals surface area contributed by atoms with Gasteiger partial charge in [-0.25, -0.2) is 8.42 Å². The van der Waals surface area contributed by atoms with E-state index >= 15 is 0 Å². The van der Waals surface area contributed by atoms with Gasteiger partial charge in [-0.15, -0.1) is 0 Å². The fraction of sp³-hybridized carbons (Fsp3) is 0.700. The molecule has 1 aromatic rings. The Morgan fingerprint density at radius 2 is 2.18 bits per heavy atom. The first-order chi connectivity index (χ1) is 7.90. The molecule has 0 N–H and O–H groups in total. The number of hydrogen-bond acceptors (Lipinski definition) is 4. The lowest BCUT2D eigenvalue weighted by Gasteiger charge is -2.12. The summed E-state index contributed by atoms with van der Waals surface area (Å²) in [5, 5.41) is 3.98. The van der Waals surface area contributed by atoms with Gasteiger partial charge >= 0.3 is 0 Å². The topological polar surface area (TPSA) is 61.2 Å². The highest BCUT2D eigenvalue weighted by Gasteiger charge is 2.21. The maximum atomic E-state index is 11.4. The van der Waals surface area contributed by atoms with Crippen LogP contribution in [0.5, 0.6) is 0 Å². The Hall–Kier alpha value is -0.590. The quantitative estimate of drug-likeness (QED) is 0.749. The Balaban J connectivity index is 2.99. The van der Waals surface area contributed by atoms with Crippen LogP contribution in [-0.2, 0) is 26.9 Å². The van der Waals surface area contributed by atoms with Crippen molar-refractivity contribution in [2.45, 2.75) is 51.3 Å². The molecule has 1 atom stereocenters. The number of aryl methyl sites for hydroxylation is 1. The summed E-state index contributed by atoms with van der Waals surface area (Å²) in [6, 6.07) is 0. The molecule has 0 aliphatic heterocycles. The number of ether oxygens (including phenoxy) is 1. The van der Waals surface area contributed by atoms with Crippen molar-refractivity contribution < 1.29 is 13.2 Å². The fourth-order valence-electron chi connectivity index (χ4n) is 1.35. The number of aromatic nitrogens is 2. The lowest BCUT2D eigenvalue weighted by atomic mass is 10.3. The summed E-state index contributed by atoms with van der Waals surface area (Å²) >= 11 is 0. The molecule has 0 amide bonds. The zero-order valence-electron chi connectivity index (χ0n) is 10.2. The monoisotopic (exact) mass is 280 g/mol. The molecule has 0 fully saturated rings. The number of halogens is 1. The molecule has 0 aliphatic carbocycles. The minimum Gasteiger partial charge on any atom is -0.372 e. The van der Waals surface area contributed by atoms with Gasteiger partial charge in [-0.1, -0.05) is 6.92 Å². The minimum atomic E-state index is -3.77. The van der Waals surface area contributed by atoms with Gasteiger partial charge in [0.05, 0.1) is 24.6 Å². The predicted molar refractivity (Wildman–Crippen MR) is 65.5 cm³/mol. The Bertz CT molecular complexity index is 470. The van der Waals surface area contributed by atoms with E-state index in [0.717, 1.165) is 6.42 Å². The summed E-state index contributed by atoms with van der Waals surface area (Å²) < 4.78 is 29.8. The normalized spacial score (nSPS) is 13.9. The highest BCUT2D eigenvalue weighted by Crippen LogP contribution is 2.21. The average Bonchev–Trinajstić information content (AvgIpc) is 2.68. The van der Waals surface area contributed by atoms with E-state index in [1.165, 1.54) is 6.20 Å². The summed E-state index contributed by atoms with van der Waals surface area (Å²) in [5.41, 5.74) is 0.503. The highest BCUT2D eigenvalue weighted by molar-refractivity contribution is 8.13. The first kappa shape index (κ1) is 14.5. The first-order valence-corrected chi connectivity index (χ1v) is 7.82. The Morgan fingerprint density at radius 3 is 2.65 bits per heavy atom. The molecule has 5 nitrogen and oxygen atoms in total. The first-order valence-electron chi connectivity index (χ1n) is 5.51. The maximum Gasteiger partial charge on any atom is 0.264 e. The van der Waals surface area contributed by atoms with Crippen LogP contribution in [0.2, 0.25) is 0 Å². The lowest BCUT2D eigenvalue weighted by Crippen LogP contribution is -2.12. The van der Waals surface area contributed by atoms with E-state index in [-0.39, 0.29) is 17.6 Å². The highest BCUT2D eigenvalue weighted by atomic mass is 35.7. The van der Waals surface area contributed by atoms with Gasteiger partial charge in [0.1, 0.15) is 4.90 Å². The van der Waals surface area contributed by atoms with Crippen LogP contribution in [-0.4, -0.2) is 24.3 Å². The second-order valence-corrected chi connectivity index (χ2v) is 6.27. The van der Waals surface area contributed by atoms with Crippen molar-refractivity contribution in [1.29, 1.82) is 0 Å². The van der Waals surface area contributed by atoms with E-state index < -0.39 is 9.05 Å². The average molecular weight is 281 g/mol. The van der Waals surface area contributed by atoms with Gasteiger partial charge in [-0.3, -0.25) is 4.68 Å². The van der Waals surface area contributed by atoms with Crippen LogP contribution in [0.4, 0.5) is 0 Å². The Morgan fingerprint density at radius 1 is 1.53 bits per heavy atom. The molecule has 7 heteroatoms. The third-order valence-electron chi connectivity index (χ3n) is 2.55. The van der Waals surface area contributed by atoms with E-state index in [1.807, 2.05) is 20.8 Å². The lowest BCUT2D eigenvalue weighted by molar-refractivity contribution is 0.0454. The van der Waals surface area contributed by atoms with Gasteiger partial charge < -0.3 is 4.74 Å². The molecule has 1 heterocycles. The van der Waals surface area contributed by atoms with Crippen LogP contribution in [0.1, 0.15) is 32.9 Å². The van der Waals surface area contributed by atoms with Crippen molar-refractivity contribution in [1.82, 2.24) is 9.78 Å². The molecule has 0 bridgehead atoms. The van der Waals surface area contributed by atoms with Crippen LogP contribution in [0.15, 0.2) is 11.1 Å². The van der Waals surface area contributed by atoms with E-state index in [4.69, 9.17) is 15.4 Å². The number of rotatable bonds is 6. The van der Waals surface area contributed by atoms with Crippen molar-refractivity contribution in [3.05, 3.63) is 11.9 Å². The van der Waals surface area contributed by atoms with Gasteiger partial charge in [0, 0.05) is 17.2 Å². The van der Waals surface area contributed by atoms with E-state index in [1.54, 1.807) is 4.68 Å². The molecular formula is C10H17ClN2O3S. The van der Waals surface area contributed by atoms with Crippen LogP contribution in [0.3, 0.4) is 0 Å². The van der Waals surface area contributed by atoms with Gasteiger partial charge in [0.25, 0.3) is 9.05 Å². The molecule has 0 saturated carbocycles. The standard InChI is InChI=1S/C10H17ClN2O3S/c1-4-8(3)16-7-9-10(17(11,14)15)6-12-13(9)5-2/h6,8H,4-5,7H2,1-3H3/t8-/m0/s1. The van der Waals surface area contributed by atoms with Crippen molar-refractivity contribution in [2.75, 3.05) is 0 Å². The predicted octanol–water partition coefficient (Wildman–Crippen LogP) is 2.15. The number of hydrogen-bond donors (Lipinski definition) is 0. The molecule has 0 saturated heterocycles. The molecule has 0 unspecified atom stereocenters. The molecular weight excluding hydrogens is 264 g/mol. The Kier molecular flexibility index (Phi) is 4.97. The third kappa shape index (κ3) is 3.69. The largest absolute Gasteiger partial charge is 0.372 e. The Labute approximate surface area is 106 Å². The maximum absolute atomic E-state index is 11.4. The summed E-state index contributed by atoms with van der Waals surface area (Å²) in [7, 11) is 1.58. The molecule has 98 valence electrons. The van der Waals surface area contributed by atoms with Crippen LogP contribution in [0.25, 0.3) is 0 Å². The molecule has 17 heavy (non-hydrogen) atoms. The van der Waals surface area contributed by atoms with Crippen molar-refractivity contribution in [3.8, 4) is 0 Å². The number of nitrogens with zero attached hydrogens (tertiary/aromatic N) is 2. The van der Waals surface area contributed by atoms with Crippen molar-refractivity contribution in [3.63, 3.8) is 0 Å². The molecule has 0 radical (unpaired) electrons. The summed E-state index contributed by atoms with van der Waals surface area (Å²) in [4.78, 5) is 0.0318. The van der Waals surface area contributed by atoms with Gasteiger partial charge in [-0.2, -0.15) is 5.10 Å². The molecule has 1 aromatic heterocycles. The van der Waals surface area contributed by atoms with Gasteiger partial charge in [0.15, 0.2) is 0 Å². The van der Waals surface area contributed by atoms with Gasteiger partial charge in [-0.05, 0) is 20.3 Å². The molecule has 0 spiro atoms. The SMILES string of the molecule is CC[C@H](C)OCc1c(S(=O)(=O)Cl)cnn1CC. The minimum absolute atomic E-state index is 0.0318. The fourth-order valence-corrected chi connectivity index (χ4v) is 2.36. The summed E-state index contributed by atoms with van der Waals surface area (Å²) in [6.45, 7) is 6.59. The van der Waals surface area contributed by atoms with E-state index in [2.05, 4.69) is 5.10 Å². The van der Waals surface area contributed by atoms with Crippen LogP contribution < -0.4 is 0 Å². The summed E-state index contributed by atoms with van der Waals surface area (Å²) in [6.07, 6.45) is 2.20. The summed E-state index contributed by atoms with van der Waals surface area (Å²) in [5.74, 6) is 0. The molecule has 0 aliphatic rings.